The maximum Gasteiger partial charge on any atom is 0.253 e. The zero-order valence-corrected chi connectivity index (χ0v) is 12.0. The standard InChI is InChI=1S/C15H19N3O3/c1-10-6-12(18-8-11(16)7-14(18)19)2-3-13(10)17-4-5-21-9-15(17)20/h2-3,6,11H,4-5,7-9,16H2,1H3. The van der Waals surface area contributed by atoms with Gasteiger partial charge in [0.05, 0.1) is 6.61 Å². The summed E-state index contributed by atoms with van der Waals surface area (Å²) < 4.78 is 5.15. The Kier molecular flexibility index (Phi) is 3.65. The summed E-state index contributed by atoms with van der Waals surface area (Å²) in [5, 5.41) is 0. The molecular formula is C15H19N3O3. The van der Waals surface area contributed by atoms with Gasteiger partial charge < -0.3 is 20.3 Å². The van der Waals surface area contributed by atoms with Crippen LogP contribution in [0, 0.1) is 6.92 Å². The average Bonchev–Trinajstić information content (AvgIpc) is 2.79. The molecule has 2 aliphatic heterocycles. The van der Waals surface area contributed by atoms with Crippen LogP contribution in [0.3, 0.4) is 0 Å². The topological polar surface area (TPSA) is 75.9 Å². The second-order valence-corrected chi connectivity index (χ2v) is 5.54. The Balaban J connectivity index is 1.86. The van der Waals surface area contributed by atoms with Gasteiger partial charge >= 0.3 is 0 Å². The van der Waals surface area contributed by atoms with E-state index in [1.54, 1.807) is 9.80 Å². The molecule has 0 aromatic heterocycles. The van der Waals surface area contributed by atoms with Crippen molar-refractivity contribution in [1.29, 1.82) is 0 Å². The van der Waals surface area contributed by atoms with Crippen LogP contribution < -0.4 is 15.5 Å². The smallest absolute Gasteiger partial charge is 0.253 e. The summed E-state index contributed by atoms with van der Waals surface area (Å²) in [6, 6.07) is 5.61. The maximum absolute atomic E-state index is 11.9. The number of carbonyl (C=O) groups is 2. The van der Waals surface area contributed by atoms with Crippen molar-refractivity contribution in [3.8, 4) is 0 Å². The second-order valence-electron chi connectivity index (χ2n) is 5.54. The number of rotatable bonds is 2. The van der Waals surface area contributed by atoms with E-state index in [9.17, 15) is 9.59 Å². The predicted molar refractivity (Wildman–Crippen MR) is 79.3 cm³/mol. The molecule has 1 aromatic rings. The summed E-state index contributed by atoms with van der Waals surface area (Å²) >= 11 is 0. The highest BCUT2D eigenvalue weighted by Gasteiger charge is 2.29. The third kappa shape index (κ3) is 2.64. The fourth-order valence-corrected chi connectivity index (χ4v) is 2.87. The zero-order valence-electron chi connectivity index (χ0n) is 12.0. The minimum Gasteiger partial charge on any atom is -0.370 e. The van der Waals surface area contributed by atoms with Gasteiger partial charge in [0.1, 0.15) is 6.61 Å². The highest BCUT2D eigenvalue weighted by molar-refractivity contribution is 5.98. The third-order valence-electron chi connectivity index (χ3n) is 3.92. The Bertz CT molecular complexity index is 588. The molecule has 2 heterocycles. The zero-order chi connectivity index (χ0) is 15.0. The van der Waals surface area contributed by atoms with Gasteiger partial charge in [0, 0.05) is 36.9 Å². The molecule has 2 fully saturated rings. The van der Waals surface area contributed by atoms with Crippen molar-refractivity contribution in [2.75, 3.05) is 36.1 Å². The number of hydrogen-bond acceptors (Lipinski definition) is 4. The predicted octanol–water partition coefficient (Wildman–Crippen LogP) is 0.422. The number of benzene rings is 1. The molecule has 0 saturated carbocycles. The number of amides is 2. The van der Waals surface area contributed by atoms with E-state index >= 15 is 0 Å². The number of morpholine rings is 1. The van der Waals surface area contributed by atoms with Crippen LogP contribution in [0.5, 0.6) is 0 Å². The molecule has 0 aliphatic carbocycles. The number of nitrogens with zero attached hydrogens (tertiary/aromatic N) is 2. The van der Waals surface area contributed by atoms with E-state index < -0.39 is 0 Å². The molecule has 3 rings (SSSR count). The summed E-state index contributed by atoms with van der Waals surface area (Å²) in [4.78, 5) is 27.3. The molecule has 2 N–H and O–H groups in total. The van der Waals surface area contributed by atoms with Crippen LogP contribution >= 0.6 is 0 Å². The summed E-state index contributed by atoms with van der Waals surface area (Å²) in [7, 11) is 0. The van der Waals surface area contributed by atoms with Crippen molar-refractivity contribution in [3.63, 3.8) is 0 Å². The van der Waals surface area contributed by atoms with Gasteiger partial charge in [-0.1, -0.05) is 0 Å². The first-order chi connectivity index (χ1) is 10.1. The lowest BCUT2D eigenvalue weighted by atomic mass is 10.1. The van der Waals surface area contributed by atoms with Gasteiger partial charge in [-0.3, -0.25) is 9.59 Å². The molecule has 6 heteroatoms. The van der Waals surface area contributed by atoms with E-state index in [1.165, 1.54) is 0 Å². The van der Waals surface area contributed by atoms with Crippen LogP contribution in [0.15, 0.2) is 18.2 Å². The van der Waals surface area contributed by atoms with Crippen LogP contribution in [0.25, 0.3) is 0 Å². The van der Waals surface area contributed by atoms with Gasteiger partial charge in [-0.15, -0.1) is 0 Å². The summed E-state index contributed by atoms with van der Waals surface area (Å²) in [6.45, 7) is 3.73. The number of ether oxygens (including phenoxy) is 1. The summed E-state index contributed by atoms with van der Waals surface area (Å²) in [5.74, 6) is 0.0217. The molecule has 2 saturated heterocycles. The second kappa shape index (κ2) is 5.46. The van der Waals surface area contributed by atoms with Crippen molar-refractivity contribution in [3.05, 3.63) is 23.8 Å². The van der Waals surface area contributed by atoms with E-state index in [0.717, 1.165) is 16.9 Å². The number of nitrogens with two attached hydrogens (primary N) is 1. The molecule has 2 amide bonds. The van der Waals surface area contributed by atoms with Crippen LogP contribution in [0.4, 0.5) is 11.4 Å². The van der Waals surface area contributed by atoms with Gasteiger partial charge in [0.2, 0.25) is 5.91 Å². The quantitative estimate of drug-likeness (QED) is 0.856. The Morgan fingerprint density at radius 2 is 2.05 bits per heavy atom. The maximum atomic E-state index is 11.9. The Labute approximate surface area is 123 Å². The van der Waals surface area contributed by atoms with Gasteiger partial charge in [0.15, 0.2) is 0 Å². The van der Waals surface area contributed by atoms with Crippen molar-refractivity contribution >= 4 is 23.2 Å². The number of hydrogen-bond donors (Lipinski definition) is 1. The van der Waals surface area contributed by atoms with Crippen LogP contribution in [-0.4, -0.2) is 44.2 Å². The van der Waals surface area contributed by atoms with Gasteiger partial charge in [0.25, 0.3) is 5.91 Å². The van der Waals surface area contributed by atoms with Crippen molar-refractivity contribution in [2.45, 2.75) is 19.4 Å². The Morgan fingerprint density at radius 3 is 2.67 bits per heavy atom. The number of aryl methyl sites for hydroxylation is 1. The van der Waals surface area contributed by atoms with Crippen molar-refractivity contribution in [2.24, 2.45) is 5.73 Å². The number of anilines is 2. The summed E-state index contributed by atoms with van der Waals surface area (Å²) in [6.07, 6.45) is 0.392. The first-order valence-corrected chi connectivity index (χ1v) is 7.11. The lowest BCUT2D eigenvalue weighted by Crippen LogP contribution is -2.42. The fourth-order valence-electron chi connectivity index (χ4n) is 2.87. The Hall–Kier alpha value is -1.92. The molecule has 6 nitrogen and oxygen atoms in total. The van der Waals surface area contributed by atoms with Crippen molar-refractivity contribution < 1.29 is 14.3 Å². The minimum atomic E-state index is -0.0988. The first-order valence-electron chi connectivity index (χ1n) is 7.11. The lowest BCUT2D eigenvalue weighted by molar-refractivity contribution is -0.125. The third-order valence-corrected chi connectivity index (χ3v) is 3.92. The molecule has 0 bridgehead atoms. The van der Waals surface area contributed by atoms with Crippen LogP contribution in [0.1, 0.15) is 12.0 Å². The normalized spacial score (nSPS) is 23.0. The van der Waals surface area contributed by atoms with Crippen LogP contribution in [0.2, 0.25) is 0 Å². The largest absolute Gasteiger partial charge is 0.370 e. The van der Waals surface area contributed by atoms with E-state index in [0.29, 0.717) is 26.1 Å². The van der Waals surface area contributed by atoms with Gasteiger partial charge in [-0.25, -0.2) is 0 Å². The molecule has 112 valence electrons. The van der Waals surface area contributed by atoms with E-state index in [1.807, 2.05) is 25.1 Å². The minimum absolute atomic E-state index is 0.0311. The fraction of sp³-hybridized carbons (Fsp3) is 0.467. The lowest BCUT2D eigenvalue weighted by Gasteiger charge is -2.29. The van der Waals surface area contributed by atoms with Gasteiger partial charge in [-0.2, -0.15) is 0 Å². The Morgan fingerprint density at radius 1 is 1.24 bits per heavy atom. The summed E-state index contributed by atoms with van der Waals surface area (Å²) in [5.41, 5.74) is 8.52. The average molecular weight is 289 g/mol. The van der Waals surface area contributed by atoms with Crippen LogP contribution in [-0.2, 0) is 14.3 Å². The van der Waals surface area contributed by atoms with E-state index in [4.69, 9.17) is 10.5 Å². The molecule has 0 radical (unpaired) electrons. The van der Waals surface area contributed by atoms with E-state index in [2.05, 4.69) is 0 Å². The molecular weight excluding hydrogens is 270 g/mol. The van der Waals surface area contributed by atoms with Crippen molar-refractivity contribution in [1.82, 2.24) is 0 Å². The molecule has 0 spiro atoms. The molecule has 1 unspecified atom stereocenters. The highest BCUT2D eigenvalue weighted by atomic mass is 16.5. The van der Waals surface area contributed by atoms with Gasteiger partial charge in [-0.05, 0) is 30.7 Å². The van der Waals surface area contributed by atoms with E-state index in [-0.39, 0.29) is 24.5 Å². The molecule has 1 atom stereocenters. The highest BCUT2D eigenvalue weighted by Crippen LogP contribution is 2.28. The number of carbonyl (C=O) groups excluding carboxylic acids is 2. The molecule has 1 aromatic carbocycles. The monoisotopic (exact) mass is 289 g/mol. The molecule has 21 heavy (non-hydrogen) atoms. The SMILES string of the molecule is Cc1cc(N2CC(N)CC2=O)ccc1N1CCOCC1=O. The first kappa shape index (κ1) is 14.0. The molecule has 2 aliphatic rings.